The maximum Gasteiger partial charge on any atom is 0.220 e. The molecule has 86 valence electrons. The van der Waals surface area contributed by atoms with Gasteiger partial charge in [0.05, 0.1) is 25.4 Å². The van der Waals surface area contributed by atoms with Crippen LogP contribution in [0.3, 0.4) is 0 Å². The fourth-order valence-corrected chi connectivity index (χ4v) is 1.95. The molecule has 0 spiro atoms. The molecule has 0 aromatic carbocycles. The normalized spacial score (nSPS) is 27.1. The third-order valence-corrected chi connectivity index (χ3v) is 2.97. The van der Waals surface area contributed by atoms with Gasteiger partial charge < -0.3 is 14.8 Å². The minimum atomic E-state index is 0.137. The van der Waals surface area contributed by atoms with Crippen molar-refractivity contribution in [1.82, 2.24) is 5.32 Å². The molecule has 0 aromatic rings. The Kier molecular flexibility index (Phi) is 3.97. The number of carbonyl (C=O) groups is 1. The Morgan fingerprint density at radius 2 is 2.20 bits per heavy atom. The first kappa shape index (κ1) is 10.9. The van der Waals surface area contributed by atoms with Gasteiger partial charge in [-0.1, -0.05) is 0 Å². The molecule has 2 heterocycles. The average Bonchev–Trinajstić information content (AvgIpc) is 2.22. The molecule has 1 amide bonds. The monoisotopic (exact) mass is 213 g/mol. The van der Waals surface area contributed by atoms with Crippen molar-refractivity contribution in [1.29, 1.82) is 0 Å². The second-order valence-corrected chi connectivity index (χ2v) is 4.33. The number of hydrogen-bond donors (Lipinski definition) is 1. The molecular formula is C11H19NO3. The highest BCUT2D eigenvalue weighted by Gasteiger charge is 2.21. The van der Waals surface area contributed by atoms with E-state index in [0.717, 1.165) is 19.4 Å². The summed E-state index contributed by atoms with van der Waals surface area (Å²) in [4.78, 5) is 11.5. The van der Waals surface area contributed by atoms with Crippen LogP contribution in [0, 0.1) is 0 Å². The van der Waals surface area contributed by atoms with E-state index < -0.39 is 0 Å². The van der Waals surface area contributed by atoms with Crippen LogP contribution in [-0.4, -0.2) is 37.9 Å². The Labute approximate surface area is 90.3 Å². The van der Waals surface area contributed by atoms with Crippen LogP contribution in [0.1, 0.15) is 32.1 Å². The lowest BCUT2D eigenvalue weighted by Gasteiger charge is -2.27. The highest BCUT2D eigenvalue weighted by atomic mass is 16.5. The second kappa shape index (κ2) is 5.47. The van der Waals surface area contributed by atoms with E-state index in [4.69, 9.17) is 9.47 Å². The number of rotatable bonds is 4. The van der Waals surface area contributed by atoms with Gasteiger partial charge in [0.2, 0.25) is 5.91 Å². The zero-order chi connectivity index (χ0) is 10.5. The van der Waals surface area contributed by atoms with Gasteiger partial charge in [0.25, 0.3) is 0 Å². The van der Waals surface area contributed by atoms with Gasteiger partial charge in [-0.05, 0) is 25.7 Å². The molecule has 1 atom stereocenters. The molecule has 0 saturated carbocycles. The summed E-state index contributed by atoms with van der Waals surface area (Å²) >= 11 is 0. The Balaban J connectivity index is 1.57. The summed E-state index contributed by atoms with van der Waals surface area (Å²) in [5, 5.41) is 2.94. The van der Waals surface area contributed by atoms with E-state index in [1.54, 1.807) is 0 Å². The first-order valence-electron chi connectivity index (χ1n) is 5.83. The van der Waals surface area contributed by atoms with Gasteiger partial charge in [-0.3, -0.25) is 4.79 Å². The lowest BCUT2D eigenvalue weighted by atomic mass is 10.0. The van der Waals surface area contributed by atoms with Crippen LogP contribution in [0.25, 0.3) is 0 Å². The van der Waals surface area contributed by atoms with Crippen molar-refractivity contribution in [2.45, 2.75) is 44.2 Å². The van der Waals surface area contributed by atoms with Crippen molar-refractivity contribution in [2.75, 3.05) is 19.8 Å². The molecular weight excluding hydrogens is 194 g/mol. The Morgan fingerprint density at radius 1 is 1.33 bits per heavy atom. The largest absolute Gasteiger partial charge is 0.378 e. The molecule has 2 aliphatic heterocycles. The molecule has 4 nitrogen and oxygen atoms in total. The third kappa shape index (κ3) is 3.47. The maximum atomic E-state index is 11.5. The van der Waals surface area contributed by atoms with E-state index in [9.17, 15) is 4.79 Å². The number of ether oxygens (including phenoxy) is 2. The van der Waals surface area contributed by atoms with Crippen LogP contribution in [0.4, 0.5) is 0 Å². The molecule has 2 fully saturated rings. The van der Waals surface area contributed by atoms with Crippen LogP contribution >= 0.6 is 0 Å². The first-order chi connectivity index (χ1) is 7.34. The highest BCUT2D eigenvalue weighted by Crippen LogP contribution is 2.16. The molecule has 1 unspecified atom stereocenters. The summed E-state index contributed by atoms with van der Waals surface area (Å²) in [6.07, 6.45) is 5.27. The van der Waals surface area contributed by atoms with Gasteiger partial charge in [0.15, 0.2) is 0 Å². The fourth-order valence-electron chi connectivity index (χ4n) is 1.95. The number of nitrogens with one attached hydrogen (secondary N) is 1. The molecule has 4 heteroatoms. The van der Waals surface area contributed by atoms with E-state index >= 15 is 0 Å². The molecule has 15 heavy (non-hydrogen) atoms. The fraction of sp³-hybridized carbons (Fsp3) is 0.909. The topological polar surface area (TPSA) is 47.6 Å². The van der Waals surface area contributed by atoms with Crippen LogP contribution in [-0.2, 0) is 14.3 Å². The van der Waals surface area contributed by atoms with E-state index in [2.05, 4.69) is 5.32 Å². The van der Waals surface area contributed by atoms with Crippen LogP contribution in [0.5, 0.6) is 0 Å². The van der Waals surface area contributed by atoms with E-state index in [1.165, 1.54) is 12.8 Å². The van der Waals surface area contributed by atoms with Gasteiger partial charge in [-0.2, -0.15) is 0 Å². The molecule has 0 radical (unpaired) electrons. The molecule has 2 aliphatic rings. The van der Waals surface area contributed by atoms with Crippen molar-refractivity contribution in [3.8, 4) is 0 Å². The quantitative estimate of drug-likeness (QED) is 0.753. The number of hydrogen-bond acceptors (Lipinski definition) is 3. The lowest BCUT2D eigenvalue weighted by Crippen LogP contribution is -2.48. The summed E-state index contributed by atoms with van der Waals surface area (Å²) in [5.41, 5.74) is 0. The van der Waals surface area contributed by atoms with Crippen LogP contribution in [0.2, 0.25) is 0 Å². The molecule has 2 rings (SSSR count). The van der Waals surface area contributed by atoms with E-state index in [1.807, 2.05) is 0 Å². The van der Waals surface area contributed by atoms with Gasteiger partial charge in [0, 0.05) is 13.0 Å². The summed E-state index contributed by atoms with van der Waals surface area (Å²) in [6.45, 7) is 2.21. The average molecular weight is 213 g/mol. The Morgan fingerprint density at radius 3 is 2.80 bits per heavy atom. The molecule has 0 aromatic heterocycles. The zero-order valence-corrected chi connectivity index (χ0v) is 9.04. The minimum Gasteiger partial charge on any atom is -0.378 e. The number of carbonyl (C=O) groups excluding carboxylic acids is 1. The van der Waals surface area contributed by atoms with Crippen molar-refractivity contribution in [3.63, 3.8) is 0 Å². The smallest absolute Gasteiger partial charge is 0.220 e. The predicted octanol–water partition coefficient (Wildman–Crippen LogP) is 0.851. The van der Waals surface area contributed by atoms with E-state index in [0.29, 0.717) is 25.7 Å². The molecule has 0 aliphatic carbocycles. The van der Waals surface area contributed by atoms with Crippen molar-refractivity contribution < 1.29 is 14.3 Å². The van der Waals surface area contributed by atoms with Crippen molar-refractivity contribution in [3.05, 3.63) is 0 Å². The third-order valence-electron chi connectivity index (χ3n) is 2.97. The number of amides is 1. The van der Waals surface area contributed by atoms with Crippen LogP contribution < -0.4 is 5.32 Å². The summed E-state index contributed by atoms with van der Waals surface area (Å²) < 4.78 is 10.6. The molecule has 1 N–H and O–H groups in total. The Bertz CT molecular complexity index is 210. The SMILES string of the molecule is O=C(CCC1CCCCO1)NC1COC1. The zero-order valence-electron chi connectivity index (χ0n) is 9.04. The van der Waals surface area contributed by atoms with Gasteiger partial charge in [0.1, 0.15) is 0 Å². The van der Waals surface area contributed by atoms with Gasteiger partial charge >= 0.3 is 0 Å². The molecule has 0 bridgehead atoms. The van der Waals surface area contributed by atoms with Gasteiger partial charge in [-0.25, -0.2) is 0 Å². The highest BCUT2D eigenvalue weighted by molar-refractivity contribution is 5.76. The maximum absolute atomic E-state index is 11.5. The van der Waals surface area contributed by atoms with Crippen molar-refractivity contribution >= 4 is 5.91 Å². The predicted molar refractivity (Wildman–Crippen MR) is 55.6 cm³/mol. The summed E-state index contributed by atoms with van der Waals surface area (Å²) in [7, 11) is 0. The molecule has 2 saturated heterocycles. The minimum absolute atomic E-state index is 0.137. The van der Waals surface area contributed by atoms with E-state index in [-0.39, 0.29) is 11.9 Å². The summed E-state index contributed by atoms with van der Waals surface area (Å²) in [6, 6.07) is 0.254. The standard InChI is InChI=1S/C11H19NO3/c13-11(12-9-7-14-8-9)5-4-10-3-1-2-6-15-10/h9-10H,1-8H2,(H,12,13). The second-order valence-electron chi connectivity index (χ2n) is 4.33. The Hall–Kier alpha value is -0.610. The first-order valence-corrected chi connectivity index (χ1v) is 5.83. The summed E-state index contributed by atoms with van der Waals surface area (Å²) in [5.74, 6) is 0.137. The van der Waals surface area contributed by atoms with Crippen LogP contribution in [0.15, 0.2) is 0 Å². The van der Waals surface area contributed by atoms with Crippen molar-refractivity contribution in [2.24, 2.45) is 0 Å². The van der Waals surface area contributed by atoms with Gasteiger partial charge in [-0.15, -0.1) is 0 Å². The lowest BCUT2D eigenvalue weighted by molar-refractivity contribution is -0.126.